The molecule has 110 valence electrons. The van der Waals surface area contributed by atoms with Crippen LogP contribution in [-0.4, -0.2) is 18.0 Å². The number of hydrogen-bond donors (Lipinski definition) is 2. The zero-order valence-electron chi connectivity index (χ0n) is 12.9. The van der Waals surface area contributed by atoms with Gasteiger partial charge in [0, 0.05) is 17.8 Å². The molecule has 4 unspecified atom stereocenters. The van der Waals surface area contributed by atoms with Crippen LogP contribution < -0.4 is 10.6 Å². The van der Waals surface area contributed by atoms with E-state index in [1.54, 1.807) is 0 Å². The van der Waals surface area contributed by atoms with Crippen LogP contribution in [0.1, 0.15) is 39.7 Å². The van der Waals surface area contributed by atoms with E-state index < -0.39 is 0 Å². The van der Waals surface area contributed by atoms with E-state index in [9.17, 15) is 4.79 Å². The Morgan fingerprint density at radius 1 is 1.40 bits per heavy atom. The molecule has 0 radical (unpaired) electrons. The molecular formula is C17H26N2O. The van der Waals surface area contributed by atoms with E-state index in [2.05, 4.69) is 50.5 Å². The third-order valence-electron chi connectivity index (χ3n) is 4.65. The molecule has 0 saturated carbocycles. The molecule has 2 N–H and O–H groups in total. The first-order chi connectivity index (χ1) is 9.52. The van der Waals surface area contributed by atoms with Gasteiger partial charge in [0.25, 0.3) is 0 Å². The summed E-state index contributed by atoms with van der Waals surface area (Å²) in [5.41, 5.74) is 2.40. The van der Waals surface area contributed by atoms with E-state index in [0.717, 1.165) is 12.8 Å². The predicted octanol–water partition coefficient (Wildman–Crippen LogP) is 3.21. The van der Waals surface area contributed by atoms with Gasteiger partial charge in [-0.2, -0.15) is 0 Å². The molecule has 3 nitrogen and oxygen atoms in total. The van der Waals surface area contributed by atoms with Crippen LogP contribution in [-0.2, 0) is 11.2 Å². The summed E-state index contributed by atoms with van der Waals surface area (Å²) in [6.45, 7) is 8.53. The molecule has 20 heavy (non-hydrogen) atoms. The Balaban J connectivity index is 2.04. The molecule has 3 heteroatoms. The minimum absolute atomic E-state index is 0.0106. The number of nitrogens with one attached hydrogen (secondary N) is 2. The van der Waals surface area contributed by atoms with Crippen LogP contribution in [0.15, 0.2) is 24.3 Å². The highest BCUT2D eigenvalue weighted by Gasteiger charge is 2.31. The standard InChI is InChI=1S/C17H26N2O/c1-5-11(2)12(3)19-17(20)15-10-14-8-6-7-9-16(14)18-13(15)4/h6-9,11-13,15,18H,5,10H2,1-4H3,(H,19,20). The van der Waals surface area contributed by atoms with Gasteiger partial charge < -0.3 is 10.6 Å². The number of amides is 1. The van der Waals surface area contributed by atoms with Gasteiger partial charge in [-0.25, -0.2) is 0 Å². The van der Waals surface area contributed by atoms with E-state index in [4.69, 9.17) is 0 Å². The van der Waals surface area contributed by atoms with E-state index in [-0.39, 0.29) is 23.9 Å². The fourth-order valence-corrected chi connectivity index (χ4v) is 2.75. The Hall–Kier alpha value is -1.51. The molecule has 0 saturated heterocycles. The van der Waals surface area contributed by atoms with Gasteiger partial charge in [-0.3, -0.25) is 4.79 Å². The number of anilines is 1. The molecule has 0 spiro atoms. The summed E-state index contributed by atoms with van der Waals surface area (Å²) < 4.78 is 0. The maximum Gasteiger partial charge on any atom is 0.225 e. The first kappa shape index (κ1) is 14.9. The quantitative estimate of drug-likeness (QED) is 0.885. The van der Waals surface area contributed by atoms with Crippen molar-refractivity contribution in [2.75, 3.05) is 5.32 Å². The Morgan fingerprint density at radius 3 is 2.80 bits per heavy atom. The van der Waals surface area contributed by atoms with Crippen LogP contribution in [0.25, 0.3) is 0 Å². The lowest BCUT2D eigenvalue weighted by Gasteiger charge is -2.33. The molecule has 0 fully saturated rings. The van der Waals surface area contributed by atoms with Crippen molar-refractivity contribution in [1.29, 1.82) is 0 Å². The molecule has 1 heterocycles. The van der Waals surface area contributed by atoms with Crippen LogP contribution in [0.5, 0.6) is 0 Å². The highest BCUT2D eigenvalue weighted by Crippen LogP contribution is 2.28. The number of carbonyl (C=O) groups is 1. The molecule has 1 amide bonds. The van der Waals surface area contributed by atoms with Gasteiger partial charge in [0.15, 0.2) is 0 Å². The summed E-state index contributed by atoms with van der Waals surface area (Å²) >= 11 is 0. The monoisotopic (exact) mass is 274 g/mol. The number of fused-ring (bicyclic) bond motifs is 1. The van der Waals surface area contributed by atoms with Gasteiger partial charge in [-0.15, -0.1) is 0 Å². The first-order valence-electron chi connectivity index (χ1n) is 7.67. The average Bonchev–Trinajstić information content (AvgIpc) is 2.45. The number of benzene rings is 1. The topological polar surface area (TPSA) is 41.1 Å². The van der Waals surface area contributed by atoms with Crippen molar-refractivity contribution in [2.24, 2.45) is 11.8 Å². The molecule has 2 rings (SSSR count). The van der Waals surface area contributed by atoms with Gasteiger partial charge in [-0.1, -0.05) is 38.5 Å². The highest BCUT2D eigenvalue weighted by molar-refractivity contribution is 5.81. The second kappa shape index (κ2) is 6.29. The Labute approximate surface area is 122 Å². The number of rotatable bonds is 4. The SMILES string of the molecule is CCC(C)C(C)NC(=O)C1Cc2ccccc2NC1C. The zero-order chi connectivity index (χ0) is 14.7. The number of carbonyl (C=O) groups excluding carboxylic acids is 1. The molecule has 1 aromatic rings. The fraction of sp³-hybridized carbons (Fsp3) is 0.588. The predicted molar refractivity (Wildman–Crippen MR) is 83.8 cm³/mol. The highest BCUT2D eigenvalue weighted by atomic mass is 16.2. The largest absolute Gasteiger partial charge is 0.382 e. The molecule has 1 aliphatic rings. The molecule has 1 aliphatic heterocycles. The van der Waals surface area contributed by atoms with Crippen molar-refractivity contribution in [2.45, 2.75) is 52.6 Å². The van der Waals surface area contributed by atoms with Crippen molar-refractivity contribution in [3.8, 4) is 0 Å². The molecule has 1 aromatic carbocycles. The second-order valence-electron chi connectivity index (χ2n) is 6.08. The summed E-state index contributed by atoms with van der Waals surface area (Å²) in [7, 11) is 0. The molecule has 0 aliphatic carbocycles. The lowest BCUT2D eigenvalue weighted by Crippen LogP contribution is -2.47. The minimum atomic E-state index is 0.0106. The van der Waals surface area contributed by atoms with Gasteiger partial charge in [0.05, 0.1) is 5.92 Å². The molecule has 0 aromatic heterocycles. The first-order valence-corrected chi connectivity index (χ1v) is 7.67. The van der Waals surface area contributed by atoms with Gasteiger partial charge in [0.2, 0.25) is 5.91 Å². The van der Waals surface area contributed by atoms with Crippen LogP contribution in [0, 0.1) is 11.8 Å². The van der Waals surface area contributed by atoms with Crippen LogP contribution in [0.2, 0.25) is 0 Å². The smallest absolute Gasteiger partial charge is 0.225 e. The van der Waals surface area contributed by atoms with Crippen LogP contribution >= 0.6 is 0 Å². The summed E-state index contributed by atoms with van der Waals surface area (Å²) in [5.74, 6) is 0.696. The number of para-hydroxylation sites is 1. The lowest BCUT2D eigenvalue weighted by molar-refractivity contribution is -0.126. The maximum atomic E-state index is 12.5. The van der Waals surface area contributed by atoms with E-state index in [1.165, 1.54) is 11.3 Å². The third kappa shape index (κ3) is 3.14. The van der Waals surface area contributed by atoms with Gasteiger partial charge >= 0.3 is 0 Å². The van der Waals surface area contributed by atoms with Crippen molar-refractivity contribution < 1.29 is 4.79 Å². The third-order valence-corrected chi connectivity index (χ3v) is 4.65. The minimum Gasteiger partial charge on any atom is -0.382 e. The summed E-state index contributed by atoms with van der Waals surface area (Å²) in [5, 5.41) is 6.63. The zero-order valence-corrected chi connectivity index (χ0v) is 12.9. The van der Waals surface area contributed by atoms with Gasteiger partial charge in [0.1, 0.15) is 0 Å². The van der Waals surface area contributed by atoms with Crippen molar-refractivity contribution in [3.63, 3.8) is 0 Å². The lowest BCUT2D eigenvalue weighted by atomic mass is 9.87. The normalized spacial score (nSPS) is 24.2. The molecule has 0 bridgehead atoms. The summed E-state index contributed by atoms with van der Waals surface area (Å²) in [4.78, 5) is 12.5. The van der Waals surface area contributed by atoms with E-state index >= 15 is 0 Å². The van der Waals surface area contributed by atoms with Crippen molar-refractivity contribution in [1.82, 2.24) is 5.32 Å². The van der Waals surface area contributed by atoms with Gasteiger partial charge in [-0.05, 0) is 37.8 Å². The Morgan fingerprint density at radius 2 is 2.10 bits per heavy atom. The summed E-state index contributed by atoms with van der Waals surface area (Å²) in [6.07, 6.45) is 1.91. The molecular weight excluding hydrogens is 248 g/mol. The Kier molecular flexibility index (Phi) is 4.69. The average molecular weight is 274 g/mol. The van der Waals surface area contributed by atoms with Crippen LogP contribution in [0.4, 0.5) is 5.69 Å². The van der Waals surface area contributed by atoms with Crippen molar-refractivity contribution in [3.05, 3.63) is 29.8 Å². The Bertz CT molecular complexity index is 472. The fourth-order valence-electron chi connectivity index (χ4n) is 2.75. The van der Waals surface area contributed by atoms with E-state index in [0.29, 0.717) is 5.92 Å². The van der Waals surface area contributed by atoms with Crippen molar-refractivity contribution >= 4 is 11.6 Å². The summed E-state index contributed by atoms with van der Waals surface area (Å²) in [6, 6.07) is 8.66. The molecule has 4 atom stereocenters. The van der Waals surface area contributed by atoms with E-state index in [1.807, 2.05) is 12.1 Å². The number of hydrogen-bond acceptors (Lipinski definition) is 2. The second-order valence-corrected chi connectivity index (χ2v) is 6.08. The maximum absolute atomic E-state index is 12.5. The van der Waals surface area contributed by atoms with Crippen LogP contribution in [0.3, 0.4) is 0 Å².